The van der Waals surface area contributed by atoms with E-state index >= 15 is 0 Å². The van der Waals surface area contributed by atoms with Crippen LogP contribution in [0.25, 0.3) is 0 Å². The molecule has 0 aliphatic heterocycles. The number of nitrogens with zero attached hydrogens (tertiary/aromatic N) is 2. The number of unbranched alkanes of at least 4 members (excludes halogenated alkanes) is 4. The van der Waals surface area contributed by atoms with Crippen LogP contribution < -0.4 is 47.5 Å². The molecule has 0 amide bonds. The van der Waals surface area contributed by atoms with Crippen LogP contribution >= 0.6 is 0 Å². The zero-order chi connectivity index (χ0) is 25.9. The Hall–Kier alpha value is -1.81. The fourth-order valence-electron chi connectivity index (χ4n) is 4.83. The fourth-order valence-corrected chi connectivity index (χ4v) is 4.83. The number of benzene rings is 3. The molecule has 0 saturated heterocycles. The second kappa shape index (κ2) is 17.7. The van der Waals surface area contributed by atoms with Gasteiger partial charge in [-0.2, -0.15) is 0 Å². The van der Waals surface area contributed by atoms with Gasteiger partial charge in [-0.25, -0.2) is 0 Å². The Morgan fingerprint density at radius 2 is 0.868 bits per heavy atom. The molecule has 0 aliphatic rings. The second-order valence-corrected chi connectivity index (χ2v) is 10.3. The van der Waals surface area contributed by atoms with Crippen molar-refractivity contribution in [2.75, 3.05) is 38.0 Å². The van der Waals surface area contributed by atoms with Crippen molar-refractivity contribution in [2.45, 2.75) is 65.2 Å². The zero-order valence-corrected chi connectivity index (χ0v) is 25.5. The largest absolute Gasteiger partial charge is 1.00 e. The summed E-state index contributed by atoms with van der Waals surface area (Å²) >= 11 is 0. The number of hydrogen-bond acceptors (Lipinski definition) is 2. The monoisotopic (exact) mass is 496 g/mol. The minimum Gasteiger partial charge on any atom is -0.379 e. The summed E-state index contributed by atoms with van der Waals surface area (Å²) in [5, 5.41) is 0. The van der Waals surface area contributed by atoms with E-state index in [1.54, 1.807) is 0 Å². The van der Waals surface area contributed by atoms with Gasteiger partial charge in [0, 0.05) is 39.6 Å². The summed E-state index contributed by atoms with van der Waals surface area (Å²) in [7, 11) is 8.41. The van der Waals surface area contributed by atoms with Crippen molar-refractivity contribution in [1.82, 2.24) is 0 Å². The third kappa shape index (κ3) is 9.74. The van der Waals surface area contributed by atoms with Gasteiger partial charge in [-0.05, 0) is 0 Å². The molecule has 38 heavy (non-hydrogen) atoms. The third-order valence-corrected chi connectivity index (χ3v) is 7.08. The molecule has 0 bridgehead atoms. The minimum atomic E-state index is 0. The normalized spacial score (nSPS) is 10.3. The topological polar surface area (TPSA) is 6.48 Å². The first-order valence-corrected chi connectivity index (χ1v) is 13.8. The van der Waals surface area contributed by atoms with E-state index in [4.69, 9.17) is 0 Å². The van der Waals surface area contributed by atoms with Crippen LogP contribution in [0, 0.1) is 11.8 Å². The van der Waals surface area contributed by atoms with Crippen LogP contribution in [-0.2, 0) is 0 Å². The first-order valence-electron chi connectivity index (χ1n) is 13.8. The summed E-state index contributed by atoms with van der Waals surface area (Å²) in [5.41, 5.74) is 7.90. The van der Waals surface area contributed by atoms with Gasteiger partial charge in [0.2, 0.25) is 0 Å². The fraction of sp³-hybridized carbons (Fsp3) is 0.412. The molecule has 0 aromatic heterocycles. The van der Waals surface area contributed by atoms with E-state index < -0.39 is 0 Å². The van der Waals surface area contributed by atoms with E-state index in [1.807, 2.05) is 0 Å². The summed E-state index contributed by atoms with van der Waals surface area (Å²) in [5.74, 6) is 2.93. The smallest absolute Gasteiger partial charge is 0.379 e. The summed E-state index contributed by atoms with van der Waals surface area (Å²) in [4.78, 5) is 4.33. The second-order valence-electron chi connectivity index (χ2n) is 10.3. The van der Waals surface area contributed by atoms with Crippen LogP contribution in [0.5, 0.6) is 0 Å². The van der Waals surface area contributed by atoms with Crippen LogP contribution in [-0.4, -0.2) is 28.2 Å². The van der Waals surface area contributed by atoms with Gasteiger partial charge < -0.3 is 9.80 Å². The number of hydrogen-bond donors (Lipinski definition) is 0. The molecule has 0 unspecified atom stereocenters. The predicted molar refractivity (Wildman–Crippen MR) is 159 cm³/mol. The van der Waals surface area contributed by atoms with E-state index in [2.05, 4.69) is 125 Å². The van der Waals surface area contributed by atoms with Gasteiger partial charge in [-0.15, -0.1) is 82.6 Å². The van der Waals surface area contributed by atoms with Crippen molar-refractivity contribution in [3.05, 3.63) is 107 Å². The van der Waals surface area contributed by atoms with E-state index in [-0.39, 0.29) is 37.7 Å². The molecule has 0 heterocycles. The van der Waals surface area contributed by atoms with Gasteiger partial charge in [0.1, 0.15) is 0 Å². The van der Waals surface area contributed by atoms with Crippen molar-refractivity contribution >= 4 is 11.4 Å². The Labute approximate surface area is 257 Å². The molecule has 3 aromatic carbocycles. The van der Waals surface area contributed by atoms with Crippen LogP contribution in [0.1, 0.15) is 87.5 Å². The number of anilines is 2. The van der Waals surface area contributed by atoms with Crippen molar-refractivity contribution in [3.63, 3.8) is 0 Å². The van der Waals surface area contributed by atoms with Crippen LogP contribution in [0.15, 0.2) is 72.8 Å². The molecule has 0 aliphatic carbocycles. The molecule has 0 fully saturated rings. The van der Waals surface area contributed by atoms with Gasteiger partial charge in [0.05, 0.1) is 0 Å². The molecule has 3 aromatic rings. The molecule has 2 nitrogen and oxygen atoms in total. The first kappa shape index (κ1) is 34.2. The minimum absolute atomic E-state index is 0. The van der Waals surface area contributed by atoms with E-state index in [9.17, 15) is 0 Å². The summed E-state index contributed by atoms with van der Waals surface area (Å²) in [6, 6.07) is 27.5. The molecule has 194 valence electrons. The average molecular weight is 497 g/mol. The SMILES string of the molecule is CCCCC[C-](c1ccc(N(C)C)cc1)c1cccc([C-](CCCCC)c2ccc(N(C)C)cc2)c1.[Li+].[Li+]. The molecule has 4 heteroatoms. The molecule has 0 N–H and O–H groups in total. The predicted octanol–water partition coefficient (Wildman–Crippen LogP) is 2.93. The Kier molecular flexibility index (Phi) is 16.0. The molecule has 0 atom stereocenters. The van der Waals surface area contributed by atoms with Crippen LogP contribution in [0.4, 0.5) is 11.4 Å². The van der Waals surface area contributed by atoms with Crippen molar-refractivity contribution in [3.8, 4) is 0 Å². The van der Waals surface area contributed by atoms with Gasteiger partial charge in [0.15, 0.2) is 0 Å². The molecule has 0 radical (unpaired) electrons. The molecular weight excluding hydrogens is 450 g/mol. The molecular formula is C34H46Li2N2. The maximum absolute atomic E-state index is 2.45. The maximum atomic E-state index is 2.45. The van der Waals surface area contributed by atoms with Crippen LogP contribution in [0.3, 0.4) is 0 Å². The Bertz CT molecular complexity index is 948. The molecule has 0 saturated carbocycles. The van der Waals surface area contributed by atoms with Gasteiger partial charge in [-0.3, -0.25) is 0 Å². The maximum Gasteiger partial charge on any atom is 1.00 e. The van der Waals surface area contributed by atoms with E-state index in [0.717, 1.165) is 12.8 Å². The standard InChI is InChI=1S/C34H46N2.2Li/c1-7-9-11-16-33(27-18-22-31(23-19-27)35(3)4)29-14-13-15-30(26-29)34(17-12-10-8-2)28-20-24-32(25-21-28)36(5)6;;/h13-15,18-26H,7-12,16-17H2,1-6H3;;/q-2;2*+1. The zero-order valence-electron chi connectivity index (χ0n) is 25.5. The number of rotatable bonds is 14. The van der Waals surface area contributed by atoms with Crippen molar-refractivity contribution in [2.24, 2.45) is 0 Å². The van der Waals surface area contributed by atoms with Gasteiger partial charge in [-0.1, -0.05) is 89.5 Å². The summed E-state index contributed by atoms with van der Waals surface area (Å²) < 4.78 is 0. The van der Waals surface area contributed by atoms with E-state index in [1.165, 1.54) is 84.0 Å². The first-order chi connectivity index (χ1) is 17.4. The summed E-state index contributed by atoms with van der Waals surface area (Å²) in [6.45, 7) is 4.57. The van der Waals surface area contributed by atoms with Crippen molar-refractivity contribution < 1.29 is 37.7 Å². The van der Waals surface area contributed by atoms with Crippen LogP contribution in [0.2, 0.25) is 0 Å². The average Bonchev–Trinajstić information content (AvgIpc) is 2.89. The quantitative estimate of drug-likeness (QED) is 0.192. The molecule has 0 spiro atoms. The summed E-state index contributed by atoms with van der Waals surface area (Å²) in [6.07, 6.45) is 9.70. The van der Waals surface area contributed by atoms with Crippen molar-refractivity contribution in [1.29, 1.82) is 0 Å². The Morgan fingerprint density at radius 1 is 0.500 bits per heavy atom. The third-order valence-electron chi connectivity index (χ3n) is 7.08. The van der Waals surface area contributed by atoms with Gasteiger partial charge in [0.25, 0.3) is 0 Å². The Morgan fingerprint density at radius 3 is 1.18 bits per heavy atom. The Balaban J connectivity index is 0.00000361. The van der Waals surface area contributed by atoms with E-state index in [0.29, 0.717) is 0 Å². The van der Waals surface area contributed by atoms with Gasteiger partial charge >= 0.3 is 37.7 Å². The molecule has 3 rings (SSSR count).